The average molecular weight is 312 g/mol. The number of nitrogens with two attached hydrogens (primary N) is 1. The fourth-order valence-corrected chi connectivity index (χ4v) is 2.75. The van der Waals surface area contributed by atoms with Gasteiger partial charge in [-0.2, -0.15) is 0 Å². The molecule has 0 aromatic carbocycles. The molecule has 6 heteroatoms. The van der Waals surface area contributed by atoms with E-state index in [9.17, 15) is 4.79 Å². The molecule has 0 saturated carbocycles. The second kappa shape index (κ2) is 7.64. The van der Waals surface area contributed by atoms with Gasteiger partial charge in [0.15, 0.2) is 5.13 Å². The number of hydrogen-bond acceptors (Lipinski definition) is 5. The first kappa shape index (κ1) is 17.8. The molecule has 1 aromatic rings. The molecular formula is C15H28N4OS. The summed E-state index contributed by atoms with van der Waals surface area (Å²) in [6.07, 6.45) is 0. The maximum Gasteiger partial charge on any atom is 0.268 e. The summed E-state index contributed by atoms with van der Waals surface area (Å²) in [5, 5.41) is 3.95. The first-order valence-electron chi connectivity index (χ1n) is 7.53. The standard InChI is InChI=1S/C15H28N4OS/c1-9(2)7-17-15-18-13(16)12(21-15)14(20)19(11(5)6)8-10(3)4/h9-11H,7-8,16H2,1-6H3,(H,17,18). The van der Waals surface area contributed by atoms with Gasteiger partial charge in [-0.1, -0.05) is 39.0 Å². The lowest BCUT2D eigenvalue weighted by molar-refractivity contribution is 0.0688. The first-order chi connectivity index (χ1) is 9.72. The Balaban J connectivity index is 2.89. The molecule has 21 heavy (non-hydrogen) atoms. The van der Waals surface area contributed by atoms with Crippen LogP contribution in [0, 0.1) is 11.8 Å². The smallest absolute Gasteiger partial charge is 0.268 e. The first-order valence-corrected chi connectivity index (χ1v) is 8.35. The number of hydrogen-bond donors (Lipinski definition) is 2. The van der Waals surface area contributed by atoms with Gasteiger partial charge in [0.2, 0.25) is 0 Å². The Morgan fingerprint density at radius 2 is 1.86 bits per heavy atom. The van der Waals surface area contributed by atoms with E-state index in [2.05, 4.69) is 38.0 Å². The highest BCUT2D eigenvalue weighted by atomic mass is 32.1. The van der Waals surface area contributed by atoms with E-state index in [4.69, 9.17) is 5.73 Å². The molecule has 0 aliphatic rings. The zero-order valence-corrected chi connectivity index (χ0v) is 14.8. The van der Waals surface area contributed by atoms with Crippen molar-refractivity contribution in [1.82, 2.24) is 9.88 Å². The Morgan fingerprint density at radius 1 is 1.24 bits per heavy atom. The summed E-state index contributed by atoms with van der Waals surface area (Å²) in [5.74, 6) is 1.24. The summed E-state index contributed by atoms with van der Waals surface area (Å²) < 4.78 is 0. The monoisotopic (exact) mass is 312 g/mol. The summed E-state index contributed by atoms with van der Waals surface area (Å²) in [7, 11) is 0. The third-order valence-electron chi connectivity index (χ3n) is 2.96. The highest BCUT2D eigenvalue weighted by Gasteiger charge is 2.24. The molecule has 1 rings (SSSR count). The summed E-state index contributed by atoms with van der Waals surface area (Å²) in [5.41, 5.74) is 5.93. The van der Waals surface area contributed by atoms with Crippen LogP contribution in [-0.2, 0) is 0 Å². The summed E-state index contributed by atoms with van der Waals surface area (Å²) in [6, 6.07) is 0.147. The van der Waals surface area contributed by atoms with Gasteiger partial charge in [0, 0.05) is 19.1 Å². The average Bonchev–Trinajstić information content (AvgIpc) is 2.73. The van der Waals surface area contributed by atoms with Crippen LogP contribution in [0.25, 0.3) is 0 Å². The van der Waals surface area contributed by atoms with Crippen molar-refractivity contribution in [3.63, 3.8) is 0 Å². The van der Waals surface area contributed by atoms with Crippen LogP contribution in [-0.4, -0.2) is 34.9 Å². The topological polar surface area (TPSA) is 71.2 Å². The molecule has 1 aromatic heterocycles. The zero-order chi connectivity index (χ0) is 16.2. The number of anilines is 2. The van der Waals surface area contributed by atoms with Crippen LogP contribution in [0.2, 0.25) is 0 Å². The van der Waals surface area contributed by atoms with Crippen LogP contribution in [0.5, 0.6) is 0 Å². The molecule has 0 saturated heterocycles. The number of rotatable bonds is 7. The lowest BCUT2D eigenvalue weighted by Crippen LogP contribution is -2.39. The number of amides is 1. The number of nitrogens with one attached hydrogen (secondary N) is 1. The highest BCUT2D eigenvalue weighted by molar-refractivity contribution is 7.18. The van der Waals surface area contributed by atoms with Crippen molar-refractivity contribution < 1.29 is 4.79 Å². The predicted molar refractivity (Wildman–Crippen MR) is 90.9 cm³/mol. The number of thiazole rings is 1. The number of nitrogens with zero attached hydrogens (tertiary/aromatic N) is 2. The summed E-state index contributed by atoms with van der Waals surface area (Å²) in [6.45, 7) is 14.1. The molecule has 5 nitrogen and oxygen atoms in total. The Hall–Kier alpha value is -1.30. The number of carbonyl (C=O) groups excluding carboxylic acids is 1. The SMILES string of the molecule is CC(C)CNc1nc(N)c(C(=O)N(CC(C)C)C(C)C)s1. The Labute approximate surface area is 131 Å². The third kappa shape index (κ3) is 5.19. The molecule has 120 valence electrons. The zero-order valence-electron chi connectivity index (χ0n) is 13.9. The van der Waals surface area contributed by atoms with Gasteiger partial charge in [-0.25, -0.2) is 4.98 Å². The molecule has 0 atom stereocenters. The van der Waals surface area contributed by atoms with Gasteiger partial charge in [0.05, 0.1) is 0 Å². The van der Waals surface area contributed by atoms with E-state index in [-0.39, 0.29) is 11.9 Å². The van der Waals surface area contributed by atoms with Crippen molar-refractivity contribution in [3.05, 3.63) is 4.88 Å². The van der Waals surface area contributed by atoms with Crippen molar-refractivity contribution in [2.75, 3.05) is 24.1 Å². The molecule has 1 heterocycles. The Bertz CT molecular complexity index is 468. The largest absolute Gasteiger partial charge is 0.382 e. The van der Waals surface area contributed by atoms with E-state index >= 15 is 0 Å². The van der Waals surface area contributed by atoms with Crippen molar-refractivity contribution in [2.24, 2.45) is 11.8 Å². The molecule has 0 spiro atoms. The van der Waals surface area contributed by atoms with E-state index in [1.165, 1.54) is 11.3 Å². The molecule has 0 aliphatic carbocycles. The number of aromatic nitrogens is 1. The minimum atomic E-state index is -0.0219. The van der Waals surface area contributed by atoms with Gasteiger partial charge in [0.25, 0.3) is 5.91 Å². The molecule has 1 amide bonds. The van der Waals surface area contributed by atoms with Gasteiger partial charge < -0.3 is 16.0 Å². The van der Waals surface area contributed by atoms with Crippen molar-refractivity contribution in [3.8, 4) is 0 Å². The van der Waals surface area contributed by atoms with E-state index in [1.807, 2.05) is 18.7 Å². The summed E-state index contributed by atoms with van der Waals surface area (Å²) in [4.78, 5) is 19.3. The van der Waals surface area contributed by atoms with Crippen LogP contribution >= 0.6 is 11.3 Å². The van der Waals surface area contributed by atoms with Crippen molar-refractivity contribution in [2.45, 2.75) is 47.6 Å². The van der Waals surface area contributed by atoms with Crippen LogP contribution in [0.15, 0.2) is 0 Å². The van der Waals surface area contributed by atoms with Crippen molar-refractivity contribution in [1.29, 1.82) is 0 Å². The molecule has 0 fully saturated rings. The normalized spacial score (nSPS) is 11.5. The van der Waals surface area contributed by atoms with Gasteiger partial charge >= 0.3 is 0 Å². The fourth-order valence-electron chi connectivity index (χ4n) is 1.90. The lowest BCUT2D eigenvalue weighted by Gasteiger charge is -2.28. The number of carbonyl (C=O) groups is 1. The Morgan fingerprint density at radius 3 is 2.33 bits per heavy atom. The van der Waals surface area contributed by atoms with E-state index < -0.39 is 0 Å². The van der Waals surface area contributed by atoms with Gasteiger partial charge in [0.1, 0.15) is 10.7 Å². The minimum absolute atomic E-state index is 0.0219. The maximum absolute atomic E-state index is 12.7. The fraction of sp³-hybridized carbons (Fsp3) is 0.733. The second-order valence-electron chi connectivity index (χ2n) is 6.45. The Kier molecular flexibility index (Phi) is 6.45. The van der Waals surface area contributed by atoms with Gasteiger partial charge in [-0.15, -0.1) is 0 Å². The van der Waals surface area contributed by atoms with Crippen LogP contribution < -0.4 is 11.1 Å². The van der Waals surface area contributed by atoms with Crippen LogP contribution in [0.1, 0.15) is 51.2 Å². The van der Waals surface area contributed by atoms with Gasteiger partial charge in [-0.05, 0) is 25.7 Å². The summed E-state index contributed by atoms with van der Waals surface area (Å²) >= 11 is 1.34. The quantitative estimate of drug-likeness (QED) is 0.810. The lowest BCUT2D eigenvalue weighted by atomic mass is 10.1. The molecular weight excluding hydrogens is 284 g/mol. The maximum atomic E-state index is 12.7. The molecule has 0 radical (unpaired) electrons. The highest BCUT2D eigenvalue weighted by Crippen LogP contribution is 2.27. The number of nitrogen functional groups attached to an aromatic ring is 1. The third-order valence-corrected chi connectivity index (χ3v) is 3.97. The van der Waals surface area contributed by atoms with Crippen molar-refractivity contribution >= 4 is 28.2 Å². The van der Waals surface area contributed by atoms with E-state index in [0.29, 0.717) is 22.5 Å². The molecule has 0 unspecified atom stereocenters. The van der Waals surface area contributed by atoms with Crippen LogP contribution in [0.4, 0.5) is 10.9 Å². The minimum Gasteiger partial charge on any atom is -0.382 e. The van der Waals surface area contributed by atoms with Crippen LogP contribution in [0.3, 0.4) is 0 Å². The molecule has 3 N–H and O–H groups in total. The van der Waals surface area contributed by atoms with E-state index in [0.717, 1.165) is 18.2 Å². The van der Waals surface area contributed by atoms with Gasteiger partial charge in [-0.3, -0.25) is 4.79 Å². The molecule has 0 bridgehead atoms. The second-order valence-corrected chi connectivity index (χ2v) is 7.45. The van der Waals surface area contributed by atoms with E-state index in [1.54, 1.807) is 0 Å². The predicted octanol–water partition coefficient (Wildman–Crippen LogP) is 3.30. The molecule has 0 aliphatic heterocycles.